The number of carbonyl (C=O) groups excluding carboxylic acids is 1. The molecule has 1 aliphatic carbocycles. The van der Waals surface area contributed by atoms with Gasteiger partial charge in [-0.2, -0.15) is 5.10 Å². The average Bonchev–Trinajstić information content (AvgIpc) is 3.25. The molecule has 0 atom stereocenters. The number of aromatic nitrogens is 2. The van der Waals surface area contributed by atoms with Crippen LogP contribution in [0.15, 0.2) is 0 Å². The molecule has 3 aliphatic rings. The van der Waals surface area contributed by atoms with Crippen molar-refractivity contribution in [2.24, 2.45) is 5.92 Å². The Hall–Kier alpha value is -1.11. The Morgan fingerprint density at radius 3 is 2.78 bits per heavy atom. The lowest BCUT2D eigenvalue weighted by Gasteiger charge is -2.32. The highest BCUT2D eigenvalue weighted by Crippen LogP contribution is 2.30. The molecular weight excluding hydrogens is 314 g/mol. The van der Waals surface area contributed by atoms with Crippen LogP contribution in [0.5, 0.6) is 0 Å². The van der Waals surface area contributed by atoms with Gasteiger partial charge in [-0.3, -0.25) is 9.89 Å². The summed E-state index contributed by atoms with van der Waals surface area (Å²) < 4.78 is 0. The predicted molar refractivity (Wildman–Crippen MR) is 90.9 cm³/mol. The first-order chi connectivity index (χ1) is 10.8. The summed E-state index contributed by atoms with van der Waals surface area (Å²) in [7, 11) is 0. The summed E-state index contributed by atoms with van der Waals surface area (Å²) >= 11 is 0. The van der Waals surface area contributed by atoms with E-state index in [0.29, 0.717) is 11.7 Å². The quantitative estimate of drug-likeness (QED) is 0.767. The Balaban J connectivity index is 0.00000156. The minimum atomic E-state index is -0.0122. The molecule has 0 radical (unpaired) electrons. The number of likely N-dealkylation sites (tertiary alicyclic amines) is 1. The second-order valence-electron chi connectivity index (χ2n) is 6.95. The third-order valence-electron chi connectivity index (χ3n) is 5.16. The van der Waals surface area contributed by atoms with Crippen molar-refractivity contribution in [2.45, 2.75) is 44.7 Å². The third-order valence-corrected chi connectivity index (χ3v) is 5.16. The first-order valence-electron chi connectivity index (χ1n) is 8.59. The fourth-order valence-electron chi connectivity index (χ4n) is 3.59. The van der Waals surface area contributed by atoms with E-state index in [-0.39, 0.29) is 18.3 Å². The second-order valence-corrected chi connectivity index (χ2v) is 6.95. The molecule has 7 heteroatoms. The van der Waals surface area contributed by atoms with Crippen molar-refractivity contribution in [3.8, 4) is 0 Å². The number of H-pyrrole nitrogens is 1. The Labute approximate surface area is 143 Å². The van der Waals surface area contributed by atoms with Gasteiger partial charge < -0.3 is 15.5 Å². The summed E-state index contributed by atoms with van der Waals surface area (Å²) in [5.74, 6) is 0.941. The number of amides is 1. The molecular formula is C16H26ClN5O. The lowest BCUT2D eigenvalue weighted by Crippen LogP contribution is -2.45. The fraction of sp³-hybridized carbons (Fsp3) is 0.750. The molecule has 1 aromatic rings. The van der Waals surface area contributed by atoms with Crippen LogP contribution < -0.4 is 10.6 Å². The molecule has 1 amide bonds. The minimum absolute atomic E-state index is 0. The number of nitrogens with one attached hydrogen (secondary N) is 3. The maximum Gasteiger partial charge on any atom is 0.272 e. The third kappa shape index (κ3) is 3.87. The van der Waals surface area contributed by atoms with Crippen LogP contribution in [-0.4, -0.2) is 53.2 Å². The van der Waals surface area contributed by atoms with Crippen LogP contribution >= 0.6 is 12.4 Å². The minimum Gasteiger partial charge on any atom is -0.348 e. The fourth-order valence-corrected chi connectivity index (χ4v) is 3.59. The van der Waals surface area contributed by atoms with E-state index < -0.39 is 0 Å². The van der Waals surface area contributed by atoms with Crippen LogP contribution in [0.2, 0.25) is 0 Å². The van der Waals surface area contributed by atoms with Gasteiger partial charge in [-0.25, -0.2) is 0 Å². The normalized spacial score (nSPS) is 22.3. The highest BCUT2D eigenvalue weighted by Gasteiger charge is 2.28. The second kappa shape index (κ2) is 7.20. The topological polar surface area (TPSA) is 73.0 Å². The zero-order valence-electron chi connectivity index (χ0n) is 13.4. The highest BCUT2D eigenvalue weighted by atomic mass is 35.5. The van der Waals surface area contributed by atoms with Crippen molar-refractivity contribution in [1.82, 2.24) is 25.7 Å². The van der Waals surface area contributed by atoms with Crippen molar-refractivity contribution in [1.29, 1.82) is 0 Å². The zero-order valence-corrected chi connectivity index (χ0v) is 14.3. The Morgan fingerprint density at radius 2 is 2.04 bits per heavy atom. The molecule has 0 spiro atoms. The number of fused-ring (bicyclic) bond motifs is 1. The number of hydrogen-bond acceptors (Lipinski definition) is 4. The summed E-state index contributed by atoms with van der Waals surface area (Å²) in [6.07, 6.45) is 5.87. The Bertz CT molecular complexity index is 549. The maximum absolute atomic E-state index is 12.5. The number of halogens is 1. The molecule has 23 heavy (non-hydrogen) atoms. The molecule has 3 N–H and O–H groups in total. The molecule has 6 nitrogen and oxygen atoms in total. The lowest BCUT2D eigenvalue weighted by molar-refractivity contribution is 0.0903. The smallest absolute Gasteiger partial charge is 0.272 e. The first kappa shape index (κ1) is 16.7. The standard InChI is InChI=1S/C16H25N5O.ClH/c22-16(15-13-9-17-6-3-14(13)19-20-15)18-12-4-7-21(8-5-12)10-11-1-2-11;/h11-12,17H,1-10H2,(H,18,22)(H,19,20);1H. The molecule has 2 aliphatic heterocycles. The number of hydrogen-bond donors (Lipinski definition) is 3. The van der Waals surface area contributed by atoms with Gasteiger partial charge in [0.1, 0.15) is 0 Å². The number of rotatable bonds is 4. The molecule has 1 saturated heterocycles. The van der Waals surface area contributed by atoms with E-state index in [9.17, 15) is 4.79 Å². The number of carbonyl (C=O) groups is 1. The summed E-state index contributed by atoms with van der Waals surface area (Å²) in [4.78, 5) is 15.0. The Morgan fingerprint density at radius 1 is 1.26 bits per heavy atom. The zero-order chi connectivity index (χ0) is 14.9. The highest BCUT2D eigenvalue weighted by molar-refractivity contribution is 5.94. The summed E-state index contributed by atoms with van der Waals surface area (Å²) in [6, 6.07) is 0.298. The van der Waals surface area contributed by atoms with Gasteiger partial charge in [-0.1, -0.05) is 0 Å². The number of aromatic amines is 1. The van der Waals surface area contributed by atoms with Gasteiger partial charge in [0.15, 0.2) is 5.69 Å². The van der Waals surface area contributed by atoms with Gasteiger partial charge >= 0.3 is 0 Å². The molecule has 3 heterocycles. The van der Waals surface area contributed by atoms with E-state index in [0.717, 1.165) is 62.6 Å². The van der Waals surface area contributed by atoms with Gasteiger partial charge in [-0.05, 0) is 31.6 Å². The van der Waals surface area contributed by atoms with E-state index in [2.05, 4.69) is 25.7 Å². The monoisotopic (exact) mass is 339 g/mol. The van der Waals surface area contributed by atoms with Crippen LogP contribution in [-0.2, 0) is 13.0 Å². The van der Waals surface area contributed by atoms with Crippen molar-refractivity contribution >= 4 is 18.3 Å². The van der Waals surface area contributed by atoms with Gasteiger partial charge in [0.05, 0.1) is 0 Å². The molecule has 0 bridgehead atoms. The van der Waals surface area contributed by atoms with Crippen molar-refractivity contribution < 1.29 is 4.79 Å². The summed E-state index contributed by atoms with van der Waals surface area (Å²) in [5, 5.41) is 13.8. The molecule has 4 rings (SSSR count). The van der Waals surface area contributed by atoms with Crippen molar-refractivity contribution in [3.63, 3.8) is 0 Å². The maximum atomic E-state index is 12.5. The SMILES string of the molecule is Cl.O=C(NC1CCN(CC2CC2)CC1)c1n[nH]c2c1CNCC2. The average molecular weight is 340 g/mol. The van der Waals surface area contributed by atoms with Gasteiger partial charge in [-0.15, -0.1) is 12.4 Å². The first-order valence-corrected chi connectivity index (χ1v) is 8.59. The number of nitrogens with zero attached hydrogens (tertiary/aromatic N) is 2. The molecule has 1 saturated carbocycles. The molecule has 128 valence electrons. The lowest BCUT2D eigenvalue weighted by atomic mass is 10.0. The van der Waals surface area contributed by atoms with Crippen LogP contribution in [0, 0.1) is 5.92 Å². The Kier molecular flexibility index (Phi) is 5.24. The van der Waals surface area contributed by atoms with Crippen molar-refractivity contribution in [3.05, 3.63) is 17.0 Å². The number of piperidine rings is 1. The molecule has 0 aromatic carbocycles. The van der Waals surface area contributed by atoms with Gasteiger partial charge in [0.25, 0.3) is 5.91 Å². The van der Waals surface area contributed by atoms with Gasteiger partial charge in [0, 0.05) is 56.4 Å². The van der Waals surface area contributed by atoms with E-state index in [4.69, 9.17) is 0 Å². The van der Waals surface area contributed by atoms with Crippen LogP contribution in [0.1, 0.15) is 47.4 Å². The van der Waals surface area contributed by atoms with Crippen LogP contribution in [0.25, 0.3) is 0 Å². The molecule has 2 fully saturated rings. The van der Waals surface area contributed by atoms with E-state index >= 15 is 0 Å². The van der Waals surface area contributed by atoms with Gasteiger partial charge in [0.2, 0.25) is 0 Å². The van der Waals surface area contributed by atoms with Crippen LogP contribution in [0.3, 0.4) is 0 Å². The van der Waals surface area contributed by atoms with Crippen molar-refractivity contribution in [2.75, 3.05) is 26.2 Å². The largest absolute Gasteiger partial charge is 0.348 e. The van der Waals surface area contributed by atoms with E-state index in [1.165, 1.54) is 19.4 Å². The van der Waals surface area contributed by atoms with E-state index in [1.54, 1.807) is 0 Å². The summed E-state index contributed by atoms with van der Waals surface area (Å²) in [6.45, 7) is 5.19. The molecule has 0 unspecified atom stereocenters. The summed E-state index contributed by atoms with van der Waals surface area (Å²) in [5.41, 5.74) is 2.75. The van der Waals surface area contributed by atoms with E-state index in [1.807, 2.05) is 0 Å². The van der Waals surface area contributed by atoms with Crippen LogP contribution in [0.4, 0.5) is 0 Å². The predicted octanol–water partition coefficient (Wildman–Crippen LogP) is 1.08. The molecule has 1 aromatic heterocycles.